The number of hydrogen-bond donors (Lipinski definition) is 0. The molecule has 1 aliphatic rings. The minimum atomic E-state index is -0.666. The van der Waals surface area contributed by atoms with Crippen LogP contribution >= 0.6 is 11.8 Å². The predicted molar refractivity (Wildman–Crippen MR) is 117 cm³/mol. The summed E-state index contributed by atoms with van der Waals surface area (Å²) in [5.41, 5.74) is 3.05. The van der Waals surface area contributed by atoms with E-state index in [9.17, 15) is 18.8 Å². The molecule has 1 saturated heterocycles. The molecule has 4 rings (SSSR count). The maximum Gasteiger partial charge on any atom is 0.325 e. The number of carbonyl (C=O) groups is 3. The van der Waals surface area contributed by atoms with Gasteiger partial charge in [0.15, 0.2) is 0 Å². The van der Waals surface area contributed by atoms with Crippen molar-refractivity contribution in [1.82, 2.24) is 9.47 Å². The van der Waals surface area contributed by atoms with Crippen molar-refractivity contribution in [2.24, 2.45) is 0 Å². The van der Waals surface area contributed by atoms with Gasteiger partial charge in [0.25, 0.3) is 11.1 Å². The number of thioether (sulfide) groups is 1. The Morgan fingerprint density at radius 1 is 1.13 bits per heavy atom. The van der Waals surface area contributed by atoms with Crippen LogP contribution in [-0.2, 0) is 20.9 Å². The van der Waals surface area contributed by atoms with E-state index in [0.717, 1.165) is 38.8 Å². The number of imide groups is 1. The van der Waals surface area contributed by atoms with Gasteiger partial charge in [0, 0.05) is 27.7 Å². The Kier molecular flexibility index (Phi) is 5.65. The third kappa shape index (κ3) is 3.86. The number of hydrogen-bond acceptors (Lipinski definition) is 5. The van der Waals surface area contributed by atoms with Gasteiger partial charge in [0.2, 0.25) is 0 Å². The fourth-order valence-corrected chi connectivity index (χ4v) is 4.42. The second kappa shape index (κ2) is 8.39. The number of rotatable bonds is 5. The number of ether oxygens (including phenoxy) is 1. The number of aromatic nitrogens is 1. The Morgan fingerprint density at radius 2 is 1.84 bits per heavy atom. The number of halogens is 1. The minimum absolute atomic E-state index is 0.228. The zero-order chi connectivity index (χ0) is 22.1. The first kappa shape index (κ1) is 20.9. The molecular weight excluding hydrogens is 419 g/mol. The van der Waals surface area contributed by atoms with Crippen LogP contribution in [0.5, 0.6) is 0 Å². The molecule has 31 heavy (non-hydrogen) atoms. The lowest BCUT2D eigenvalue weighted by atomic mass is 10.1. The third-order valence-electron chi connectivity index (χ3n) is 5.23. The largest absolute Gasteiger partial charge is 0.468 e. The highest BCUT2D eigenvalue weighted by molar-refractivity contribution is 8.18. The molecule has 3 aromatic rings. The lowest BCUT2D eigenvalue weighted by Crippen LogP contribution is -2.34. The number of methoxy groups -OCH3 is 1. The van der Waals surface area contributed by atoms with E-state index >= 15 is 0 Å². The van der Waals surface area contributed by atoms with Crippen LogP contribution in [-0.4, -0.2) is 40.2 Å². The van der Waals surface area contributed by atoms with Gasteiger partial charge in [0.05, 0.1) is 18.6 Å². The van der Waals surface area contributed by atoms with E-state index in [1.807, 2.05) is 35.8 Å². The molecule has 2 amide bonds. The summed E-state index contributed by atoms with van der Waals surface area (Å²) in [5.74, 6) is -1.49. The monoisotopic (exact) mass is 438 g/mol. The Balaban J connectivity index is 1.76. The zero-order valence-electron chi connectivity index (χ0n) is 16.9. The van der Waals surface area contributed by atoms with Crippen molar-refractivity contribution in [2.45, 2.75) is 13.5 Å². The summed E-state index contributed by atoms with van der Waals surface area (Å²) in [6, 6.07) is 14.2. The standard InChI is InChI=1S/C23H19FN2O4S/c1-14-17(11-20-22(28)26(23(29)31-20)13-21(27)30-2)16-8-4-6-10-19(16)25(14)12-15-7-3-5-9-18(15)24/h3-11H,12-13H2,1-2H3/b20-11-. The Bertz CT molecular complexity index is 1250. The third-order valence-corrected chi connectivity index (χ3v) is 6.14. The SMILES string of the molecule is COC(=O)CN1C(=O)S/C(=C\c2c(C)n(Cc3ccccc3F)c3ccccc23)C1=O. The van der Waals surface area contributed by atoms with Crippen LogP contribution in [0.2, 0.25) is 0 Å². The van der Waals surface area contributed by atoms with E-state index in [0.29, 0.717) is 12.1 Å². The fourth-order valence-electron chi connectivity index (χ4n) is 3.60. The van der Waals surface area contributed by atoms with Gasteiger partial charge in [0.1, 0.15) is 12.4 Å². The second-order valence-electron chi connectivity index (χ2n) is 7.04. The average molecular weight is 438 g/mol. The quantitative estimate of drug-likeness (QED) is 0.438. The summed E-state index contributed by atoms with van der Waals surface area (Å²) in [7, 11) is 1.20. The number of para-hydroxylation sites is 1. The molecule has 0 saturated carbocycles. The van der Waals surface area contributed by atoms with Crippen molar-refractivity contribution in [3.05, 3.63) is 76.1 Å². The summed E-state index contributed by atoms with van der Waals surface area (Å²) in [5, 5.41) is 0.366. The summed E-state index contributed by atoms with van der Waals surface area (Å²) in [6.07, 6.45) is 1.66. The summed E-state index contributed by atoms with van der Waals surface area (Å²) in [4.78, 5) is 37.6. The number of amides is 2. The number of carbonyl (C=O) groups excluding carboxylic acids is 3. The average Bonchev–Trinajstić information content (AvgIpc) is 3.18. The maximum atomic E-state index is 14.3. The zero-order valence-corrected chi connectivity index (χ0v) is 17.7. The number of nitrogens with zero attached hydrogens (tertiary/aromatic N) is 2. The van der Waals surface area contributed by atoms with Crippen LogP contribution in [0, 0.1) is 12.7 Å². The van der Waals surface area contributed by atoms with Crippen molar-refractivity contribution in [3.8, 4) is 0 Å². The Hall–Kier alpha value is -3.39. The van der Waals surface area contributed by atoms with Crippen molar-refractivity contribution in [2.75, 3.05) is 13.7 Å². The molecule has 0 unspecified atom stereocenters. The van der Waals surface area contributed by atoms with Crippen molar-refractivity contribution >= 4 is 45.9 Å². The summed E-state index contributed by atoms with van der Waals surface area (Å²) >= 11 is 0.784. The van der Waals surface area contributed by atoms with Crippen molar-refractivity contribution in [3.63, 3.8) is 0 Å². The molecule has 0 aliphatic carbocycles. The molecule has 0 radical (unpaired) electrons. The molecule has 8 heteroatoms. The van der Waals surface area contributed by atoms with Crippen LogP contribution in [0.25, 0.3) is 17.0 Å². The molecule has 0 bridgehead atoms. The lowest BCUT2D eigenvalue weighted by Gasteiger charge is -2.10. The molecule has 2 heterocycles. The normalized spacial score (nSPS) is 15.3. The Labute approximate surface area is 182 Å². The van der Waals surface area contributed by atoms with Gasteiger partial charge < -0.3 is 9.30 Å². The van der Waals surface area contributed by atoms with E-state index in [1.54, 1.807) is 24.3 Å². The lowest BCUT2D eigenvalue weighted by molar-refractivity contribution is -0.143. The van der Waals surface area contributed by atoms with Crippen LogP contribution in [0.15, 0.2) is 53.4 Å². The van der Waals surface area contributed by atoms with Gasteiger partial charge in [-0.05, 0) is 36.9 Å². The first-order valence-electron chi connectivity index (χ1n) is 9.54. The maximum absolute atomic E-state index is 14.3. The highest BCUT2D eigenvalue weighted by Crippen LogP contribution is 2.35. The molecule has 1 aromatic heterocycles. The van der Waals surface area contributed by atoms with Crippen LogP contribution in [0.3, 0.4) is 0 Å². The molecule has 2 aromatic carbocycles. The smallest absolute Gasteiger partial charge is 0.325 e. The molecule has 1 aliphatic heterocycles. The molecule has 158 valence electrons. The Morgan fingerprint density at radius 3 is 2.58 bits per heavy atom. The van der Waals surface area contributed by atoms with Crippen molar-refractivity contribution < 1.29 is 23.5 Å². The van der Waals surface area contributed by atoms with E-state index in [4.69, 9.17) is 0 Å². The van der Waals surface area contributed by atoms with E-state index in [2.05, 4.69) is 4.74 Å². The molecule has 0 spiro atoms. The first-order chi connectivity index (χ1) is 14.9. The van der Waals surface area contributed by atoms with Gasteiger partial charge in [-0.25, -0.2) is 4.39 Å². The second-order valence-corrected chi connectivity index (χ2v) is 8.03. The first-order valence-corrected chi connectivity index (χ1v) is 10.4. The van der Waals surface area contributed by atoms with Crippen LogP contribution in [0.4, 0.5) is 9.18 Å². The van der Waals surface area contributed by atoms with Gasteiger partial charge >= 0.3 is 5.97 Å². The predicted octanol–water partition coefficient (Wildman–Crippen LogP) is 4.35. The van der Waals surface area contributed by atoms with Gasteiger partial charge in [-0.3, -0.25) is 19.3 Å². The van der Waals surface area contributed by atoms with Crippen molar-refractivity contribution in [1.29, 1.82) is 0 Å². The van der Waals surface area contributed by atoms with Gasteiger partial charge in [-0.1, -0.05) is 36.4 Å². The number of benzene rings is 2. The van der Waals surface area contributed by atoms with E-state index in [-0.39, 0.29) is 10.7 Å². The molecule has 0 N–H and O–H groups in total. The molecule has 6 nitrogen and oxygen atoms in total. The highest BCUT2D eigenvalue weighted by atomic mass is 32.2. The minimum Gasteiger partial charge on any atom is -0.468 e. The summed E-state index contributed by atoms with van der Waals surface area (Å²) in [6.45, 7) is 1.80. The molecule has 0 atom stereocenters. The van der Waals surface area contributed by atoms with Crippen LogP contribution < -0.4 is 0 Å². The van der Waals surface area contributed by atoms with Gasteiger partial charge in [-0.2, -0.15) is 0 Å². The van der Waals surface area contributed by atoms with E-state index in [1.165, 1.54) is 13.2 Å². The van der Waals surface area contributed by atoms with Crippen LogP contribution in [0.1, 0.15) is 16.8 Å². The molecule has 1 fully saturated rings. The summed E-state index contributed by atoms with van der Waals surface area (Å²) < 4.78 is 20.8. The topological polar surface area (TPSA) is 68.6 Å². The van der Waals surface area contributed by atoms with Gasteiger partial charge in [-0.15, -0.1) is 0 Å². The number of esters is 1. The van der Waals surface area contributed by atoms with E-state index < -0.39 is 23.7 Å². The number of fused-ring (bicyclic) bond motifs is 1. The molecular formula is C23H19FN2O4S. The highest BCUT2D eigenvalue weighted by Gasteiger charge is 2.36. The fraction of sp³-hybridized carbons (Fsp3) is 0.174.